The van der Waals surface area contributed by atoms with Gasteiger partial charge in [-0.2, -0.15) is 0 Å². The van der Waals surface area contributed by atoms with Gasteiger partial charge in [0.2, 0.25) is 5.91 Å². The number of carbonyl (C=O) groups excluding carboxylic acids is 1. The number of amides is 1. The van der Waals surface area contributed by atoms with E-state index in [2.05, 4.69) is 11.8 Å². The summed E-state index contributed by atoms with van der Waals surface area (Å²) in [5.74, 6) is 4.97. The lowest BCUT2D eigenvalue weighted by atomic mass is 10.1. The van der Waals surface area contributed by atoms with Crippen LogP contribution in [0.2, 0.25) is 0 Å². The molecule has 1 aliphatic rings. The summed E-state index contributed by atoms with van der Waals surface area (Å²) >= 11 is 0. The highest BCUT2D eigenvalue weighted by Crippen LogP contribution is 2.21. The minimum absolute atomic E-state index is 0.226. The second-order valence-electron chi connectivity index (χ2n) is 4.84. The van der Waals surface area contributed by atoms with Crippen molar-refractivity contribution in [1.29, 1.82) is 0 Å². The molecule has 0 saturated carbocycles. The lowest BCUT2D eigenvalue weighted by Gasteiger charge is -2.22. The number of benzene rings is 1. The molecular formula is C15H18FN3O. The van der Waals surface area contributed by atoms with E-state index in [-0.39, 0.29) is 24.3 Å². The van der Waals surface area contributed by atoms with E-state index in [0.29, 0.717) is 12.1 Å². The first-order valence-corrected chi connectivity index (χ1v) is 6.62. The van der Waals surface area contributed by atoms with Gasteiger partial charge in [0, 0.05) is 12.1 Å². The van der Waals surface area contributed by atoms with Crippen molar-refractivity contribution in [3.05, 3.63) is 35.1 Å². The summed E-state index contributed by atoms with van der Waals surface area (Å²) in [5, 5.41) is 0. The first kappa shape index (κ1) is 14.5. The Labute approximate surface area is 117 Å². The maximum atomic E-state index is 13.3. The Balaban J connectivity index is 2.22. The second-order valence-corrected chi connectivity index (χ2v) is 4.84. The zero-order valence-electron chi connectivity index (χ0n) is 11.2. The van der Waals surface area contributed by atoms with Gasteiger partial charge in [0.15, 0.2) is 0 Å². The quantitative estimate of drug-likeness (QED) is 0.793. The van der Waals surface area contributed by atoms with Gasteiger partial charge in [-0.15, -0.1) is 0 Å². The lowest BCUT2D eigenvalue weighted by molar-refractivity contribution is -0.122. The van der Waals surface area contributed by atoms with Crippen LogP contribution in [0.15, 0.2) is 18.2 Å². The van der Waals surface area contributed by atoms with Gasteiger partial charge in [-0.3, -0.25) is 9.69 Å². The first-order chi connectivity index (χ1) is 9.61. The lowest BCUT2D eigenvalue weighted by Crippen LogP contribution is -2.39. The smallest absolute Gasteiger partial charge is 0.234 e. The molecule has 0 radical (unpaired) electrons. The molecule has 1 atom stereocenters. The molecule has 1 aromatic carbocycles. The molecule has 4 N–H and O–H groups in total. The van der Waals surface area contributed by atoms with Crippen molar-refractivity contribution in [3.63, 3.8) is 0 Å². The largest absolute Gasteiger partial charge is 0.368 e. The number of hydrogen-bond acceptors (Lipinski definition) is 3. The van der Waals surface area contributed by atoms with E-state index in [0.717, 1.165) is 24.9 Å². The Morgan fingerprint density at radius 2 is 2.30 bits per heavy atom. The van der Waals surface area contributed by atoms with Gasteiger partial charge in [0.05, 0.1) is 12.6 Å². The Morgan fingerprint density at radius 3 is 3.00 bits per heavy atom. The molecule has 0 aliphatic carbocycles. The Hall–Kier alpha value is -1.90. The van der Waals surface area contributed by atoms with Crippen LogP contribution in [-0.2, 0) is 11.3 Å². The average molecular weight is 275 g/mol. The molecule has 0 spiro atoms. The maximum Gasteiger partial charge on any atom is 0.234 e. The number of nitrogens with two attached hydrogens (primary N) is 2. The molecule has 106 valence electrons. The molecule has 0 bridgehead atoms. The third-order valence-electron chi connectivity index (χ3n) is 3.46. The maximum absolute atomic E-state index is 13.3. The molecule has 1 heterocycles. The van der Waals surface area contributed by atoms with Crippen molar-refractivity contribution in [1.82, 2.24) is 4.90 Å². The van der Waals surface area contributed by atoms with Crippen LogP contribution in [0.4, 0.5) is 4.39 Å². The van der Waals surface area contributed by atoms with Crippen LogP contribution in [0.5, 0.6) is 0 Å². The molecule has 1 amide bonds. The number of likely N-dealkylation sites (tertiary alicyclic amines) is 1. The van der Waals surface area contributed by atoms with Gasteiger partial charge in [-0.1, -0.05) is 17.9 Å². The number of rotatable bonds is 3. The van der Waals surface area contributed by atoms with Crippen LogP contribution >= 0.6 is 0 Å². The summed E-state index contributed by atoms with van der Waals surface area (Å²) in [7, 11) is 0. The summed E-state index contributed by atoms with van der Waals surface area (Å²) in [5.41, 5.74) is 12.3. The first-order valence-electron chi connectivity index (χ1n) is 6.62. The highest BCUT2D eigenvalue weighted by molar-refractivity contribution is 5.80. The van der Waals surface area contributed by atoms with Crippen LogP contribution < -0.4 is 11.5 Å². The van der Waals surface area contributed by atoms with Crippen LogP contribution in [0.25, 0.3) is 0 Å². The number of nitrogens with zero attached hydrogens (tertiary/aromatic N) is 1. The van der Waals surface area contributed by atoms with Gasteiger partial charge in [-0.25, -0.2) is 4.39 Å². The zero-order valence-corrected chi connectivity index (χ0v) is 11.2. The molecule has 1 saturated heterocycles. The molecular weight excluding hydrogens is 257 g/mol. The molecule has 20 heavy (non-hydrogen) atoms. The summed E-state index contributed by atoms with van der Waals surface area (Å²) in [4.78, 5) is 13.4. The molecule has 1 aliphatic heterocycles. The Morgan fingerprint density at radius 1 is 1.50 bits per heavy atom. The summed E-state index contributed by atoms with van der Waals surface area (Å²) in [6, 6.07) is 4.26. The number of carbonyl (C=O) groups is 1. The second kappa shape index (κ2) is 6.51. The van der Waals surface area contributed by atoms with Crippen molar-refractivity contribution in [2.45, 2.75) is 25.4 Å². The van der Waals surface area contributed by atoms with E-state index in [9.17, 15) is 9.18 Å². The molecule has 5 heteroatoms. The van der Waals surface area contributed by atoms with E-state index in [1.807, 2.05) is 4.90 Å². The van der Waals surface area contributed by atoms with Crippen LogP contribution in [0.1, 0.15) is 24.0 Å². The summed E-state index contributed by atoms with van der Waals surface area (Å²) < 4.78 is 13.3. The van der Waals surface area contributed by atoms with E-state index in [1.165, 1.54) is 12.1 Å². The third kappa shape index (κ3) is 3.35. The van der Waals surface area contributed by atoms with Gasteiger partial charge in [0.25, 0.3) is 0 Å². The van der Waals surface area contributed by atoms with Gasteiger partial charge >= 0.3 is 0 Å². The predicted molar refractivity (Wildman–Crippen MR) is 75.0 cm³/mol. The fourth-order valence-electron chi connectivity index (χ4n) is 2.51. The van der Waals surface area contributed by atoms with Crippen molar-refractivity contribution in [2.75, 3.05) is 13.1 Å². The Bertz CT molecular complexity index is 562. The number of primary amides is 1. The van der Waals surface area contributed by atoms with Crippen molar-refractivity contribution in [2.24, 2.45) is 11.5 Å². The normalized spacial score (nSPS) is 18.6. The van der Waals surface area contributed by atoms with E-state index < -0.39 is 0 Å². The summed E-state index contributed by atoms with van der Waals surface area (Å²) in [6.45, 7) is 1.58. The van der Waals surface area contributed by atoms with Crippen molar-refractivity contribution < 1.29 is 9.18 Å². The standard InChI is InChI=1S/C15H18FN3O/c16-13-6-5-12(11(9-13)3-1-7-17)10-19-8-2-4-14(19)15(18)20/h5-6,9,14H,2,4,7-8,10,17H2,(H2,18,20). The van der Waals surface area contributed by atoms with Gasteiger partial charge in [0.1, 0.15) is 5.82 Å². The Kier molecular flexibility index (Phi) is 4.72. The number of halogens is 1. The fourth-order valence-corrected chi connectivity index (χ4v) is 2.51. The third-order valence-corrected chi connectivity index (χ3v) is 3.46. The van der Waals surface area contributed by atoms with Crippen molar-refractivity contribution >= 4 is 5.91 Å². The minimum Gasteiger partial charge on any atom is -0.368 e. The van der Waals surface area contributed by atoms with Crippen LogP contribution in [0, 0.1) is 17.7 Å². The van der Waals surface area contributed by atoms with E-state index in [1.54, 1.807) is 6.07 Å². The molecule has 1 unspecified atom stereocenters. The molecule has 1 aromatic rings. The SMILES string of the molecule is NCC#Cc1cc(F)ccc1CN1CCCC1C(N)=O. The highest BCUT2D eigenvalue weighted by Gasteiger charge is 2.29. The molecule has 2 rings (SSSR count). The van der Waals surface area contributed by atoms with E-state index in [4.69, 9.17) is 11.5 Å². The van der Waals surface area contributed by atoms with Crippen molar-refractivity contribution in [3.8, 4) is 11.8 Å². The van der Waals surface area contributed by atoms with Crippen LogP contribution in [0.3, 0.4) is 0 Å². The number of hydrogen-bond donors (Lipinski definition) is 2. The van der Waals surface area contributed by atoms with Crippen LogP contribution in [-0.4, -0.2) is 29.9 Å². The fraction of sp³-hybridized carbons (Fsp3) is 0.400. The topological polar surface area (TPSA) is 72.3 Å². The monoisotopic (exact) mass is 275 g/mol. The molecule has 0 aromatic heterocycles. The minimum atomic E-state index is -0.331. The highest BCUT2D eigenvalue weighted by atomic mass is 19.1. The van der Waals surface area contributed by atoms with Gasteiger partial charge in [-0.05, 0) is 37.1 Å². The average Bonchev–Trinajstić information content (AvgIpc) is 2.87. The summed E-state index contributed by atoms with van der Waals surface area (Å²) in [6.07, 6.45) is 1.72. The van der Waals surface area contributed by atoms with Gasteiger partial charge < -0.3 is 11.5 Å². The molecule has 1 fully saturated rings. The predicted octanol–water partition coefficient (Wildman–Crippen LogP) is 0.586. The zero-order chi connectivity index (χ0) is 14.5. The van der Waals surface area contributed by atoms with E-state index >= 15 is 0 Å². The molecule has 4 nitrogen and oxygen atoms in total.